The highest BCUT2D eigenvalue weighted by Crippen LogP contribution is 2.43. The topological polar surface area (TPSA) is 83.4 Å². The number of nitrogens with zero attached hydrogens (tertiary/aromatic N) is 1. The normalized spacial score (nSPS) is 13.2. The fourth-order valence-electron chi connectivity index (χ4n) is 3.56. The van der Waals surface area contributed by atoms with Crippen LogP contribution >= 0.6 is 0 Å². The number of hydrogen-bond donors (Lipinski definition) is 2. The maximum absolute atomic E-state index is 14.4. The van der Waals surface area contributed by atoms with Gasteiger partial charge in [0, 0.05) is 5.56 Å². The molecule has 2 aromatic carbocycles. The van der Waals surface area contributed by atoms with Gasteiger partial charge in [-0.1, -0.05) is 38.1 Å². The summed E-state index contributed by atoms with van der Waals surface area (Å²) in [5.41, 5.74) is 0.724. The van der Waals surface area contributed by atoms with Gasteiger partial charge in [0.1, 0.15) is 24.1 Å². The molecule has 2 atom stereocenters. The average molecular weight is 464 g/mol. The van der Waals surface area contributed by atoms with Crippen LogP contribution in [0.25, 0.3) is 11.1 Å². The van der Waals surface area contributed by atoms with Gasteiger partial charge in [0.05, 0.1) is 26.3 Å². The zero-order valence-corrected chi connectivity index (χ0v) is 19.0. The van der Waals surface area contributed by atoms with Crippen LogP contribution in [0.15, 0.2) is 42.5 Å². The molecule has 9 heteroatoms. The SMILES string of the molecule is COc1ccc(-c2cccc(OC)c2[C@H](N[C@@H](CC(C)C)C(=O)NCC#N)C(F)(F)F)cc1. The van der Waals surface area contributed by atoms with Crippen molar-refractivity contribution < 1.29 is 27.4 Å². The molecule has 0 heterocycles. The average Bonchev–Trinajstić information content (AvgIpc) is 2.78. The van der Waals surface area contributed by atoms with E-state index in [-0.39, 0.29) is 30.2 Å². The maximum Gasteiger partial charge on any atom is 0.408 e. The Bertz CT molecular complexity index is 970. The predicted octanol–water partition coefficient (Wildman–Crippen LogP) is 4.62. The molecule has 2 N–H and O–H groups in total. The first-order valence-corrected chi connectivity index (χ1v) is 10.4. The number of alkyl halides is 3. The molecule has 0 saturated carbocycles. The minimum Gasteiger partial charge on any atom is -0.497 e. The highest BCUT2D eigenvalue weighted by Gasteiger charge is 2.45. The molecular formula is C24H28F3N3O3. The molecule has 0 saturated heterocycles. The Kier molecular flexibility index (Phi) is 9.12. The monoisotopic (exact) mass is 463 g/mol. The molecule has 0 spiro atoms. The van der Waals surface area contributed by atoms with Crippen LogP contribution in [0.1, 0.15) is 31.9 Å². The van der Waals surface area contributed by atoms with Crippen molar-refractivity contribution in [2.45, 2.75) is 38.5 Å². The number of amides is 1. The Labute approximate surface area is 191 Å². The lowest BCUT2D eigenvalue weighted by Crippen LogP contribution is -2.49. The van der Waals surface area contributed by atoms with Crippen molar-refractivity contribution in [3.8, 4) is 28.7 Å². The second-order valence-electron chi connectivity index (χ2n) is 7.85. The Morgan fingerprint density at radius 2 is 1.76 bits per heavy atom. The molecule has 0 bridgehead atoms. The number of rotatable bonds is 10. The summed E-state index contributed by atoms with van der Waals surface area (Å²) in [7, 11) is 2.80. The molecular weight excluding hydrogens is 435 g/mol. The third-order valence-electron chi connectivity index (χ3n) is 5.04. The van der Waals surface area contributed by atoms with E-state index in [0.717, 1.165) is 0 Å². The molecule has 0 aromatic heterocycles. The van der Waals surface area contributed by atoms with Crippen molar-refractivity contribution in [3.05, 3.63) is 48.0 Å². The highest BCUT2D eigenvalue weighted by molar-refractivity contribution is 5.82. The number of carbonyl (C=O) groups is 1. The Hall–Kier alpha value is -3.25. The number of halogens is 3. The van der Waals surface area contributed by atoms with Gasteiger partial charge in [0.15, 0.2) is 0 Å². The van der Waals surface area contributed by atoms with Crippen LogP contribution < -0.4 is 20.1 Å². The number of carbonyl (C=O) groups excluding carboxylic acids is 1. The fourth-order valence-corrected chi connectivity index (χ4v) is 3.56. The van der Waals surface area contributed by atoms with Crippen molar-refractivity contribution >= 4 is 5.91 Å². The summed E-state index contributed by atoms with van der Waals surface area (Å²) in [6.07, 6.45) is -4.59. The van der Waals surface area contributed by atoms with Gasteiger partial charge in [-0.3, -0.25) is 10.1 Å². The number of ether oxygens (including phenoxy) is 2. The summed E-state index contributed by atoms with van der Waals surface area (Å²) in [5.74, 6) is -0.123. The second kappa shape index (κ2) is 11.6. The van der Waals surface area contributed by atoms with Gasteiger partial charge in [-0.05, 0) is 41.7 Å². The fraction of sp³-hybridized carbons (Fsp3) is 0.417. The van der Waals surface area contributed by atoms with Crippen molar-refractivity contribution in [2.24, 2.45) is 5.92 Å². The minimum absolute atomic E-state index is 0.0406. The van der Waals surface area contributed by atoms with Gasteiger partial charge in [0.2, 0.25) is 5.91 Å². The standard InChI is InChI=1S/C24H28F3N3O3/c1-15(2)14-19(23(31)29-13-12-28)30-22(24(25,26)27)21-18(6-5-7-20(21)33-4)16-8-10-17(32-3)11-9-16/h5-11,15,19,22,30H,13-14H2,1-4H3,(H,29,31)/t19-,22-/m0/s1. The van der Waals surface area contributed by atoms with Crippen molar-refractivity contribution in [1.82, 2.24) is 10.6 Å². The summed E-state index contributed by atoms with van der Waals surface area (Å²) >= 11 is 0. The molecule has 6 nitrogen and oxygen atoms in total. The molecule has 33 heavy (non-hydrogen) atoms. The molecule has 0 aliphatic rings. The van der Waals surface area contributed by atoms with E-state index in [1.54, 1.807) is 56.3 Å². The molecule has 0 aliphatic heterocycles. The lowest BCUT2D eigenvalue weighted by atomic mass is 9.92. The van der Waals surface area contributed by atoms with Crippen molar-refractivity contribution in [2.75, 3.05) is 20.8 Å². The van der Waals surface area contributed by atoms with Crippen molar-refractivity contribution in [3.63, 3.8) is 0 Å². The highest BCUT2D eigenvalue weighted by atomic mass is 19.4. The van der Waals surface area contributed by atoms with Crippen LogP contribution in [0.4, 0.5) is 13.2 Å². The minimum atomic E-state index is -4.74. The summed E-state index contributed by atoms with van der Waals surface area (Å²) in [6.45, 7) is 3.32. The number of methoxy groups -OCH3 is 2. The lowest BCUT2D eigenvalue weighted by molar-refractivity contribution is -0.161. The second-order valence-corrected chi connectivity index (χ2v) is 7.85. The zero-order valence-electron chi connectivity index (χ0n) is 19.0. The van der Waals surface area contributed by atoms with E-state index in [1.165, 1.54) is 20.3 Å². The maximum atomic E-state index is 14.4. The van der Waals surface area contributed by atoms with E-state index in [9.17, 15) is 18.0 Å². The van der Waals surface area contributed by atoms with Crippen LogP contribution in [0.3, 0.4) is 0 Å². The Balaban J connectivity index is 2.60. The molecule has 2 aromatic rings. The van der Waals surface area contributed by atoms with Gasteiger partial charge < -0.3 is 14.8 Å². The van der Waals surface area contributed by atoms with Crippen LogP contribution in [0, 0.1) is 17.2 Å². The summed E-state index contributed by atoms with van der Waals surface area (Å²) in [6, 6.07) is 9.69. The van der Waals surface area contributed by atoms with E-state index < -0.39 is 24.2 Å². The predicted molar refractivity (Wildman–Crippen MR) is 119 cm³/mol. The molecule has 1 amide bonds. The van der Waals surface area contributed by atoms with E-state index in [2.05, 4.69) is 10.6 Å². The number of benzene rings is 2. The van der Waals surface area contributed by atoms with Gasteiger partial charge in [-0.15, -0.1) is 0 Å². The van der Waals surface area contributed by atoms with E-state index >= 15 is 0 Å². The van der Waals surface area contributed by atoms with Crippen LogP contribution in [0.5, 0.6) is 11.5 Å². The molecule has 0 radical (unpaired) electrons. The van der Waals surface area contributed by atoms with Gasteiger partial charge in [0.25, 0.3) is 0 Å². The van der Waals surface area contributed by atoms with Gasteiger partial charge in [-0.25, -0.2) is 0 Å². The molecule has 0 unspecified atom stereocenters. The van der Waals surface area contributed by atoms with E-state index in [0.29, 0.717) is 16.9 Å². The molecule has 0 aliphatic carbocycles. The third-order valence-corrected chi connectivity index (χ3v) is 5.04. The number of nitrogens with one attached hydrogen (secondary N) is 2. The first-order valence-electron chi connectivity index (χ1n) is 10.4. The quantitative estimate of drug-likeness (QED) is 0.503. The zero-order chi connectivity index (χ0) is 24.6. The molecule has 178 valence electrons. The van der Waals surface area contributed by atoms with E-state index in [1.807, 2.05) is 0 Å². The van der Waals surface area contributed by atoms with E-state index in [4.69, 9.17) is 14.7 Å². The van der Waals surface area contributed by atoms with Crippen LogP contribution in [-0.4, -0.2) is 38.9 Å². The summed E-state index contributed by atoms with van der Waals surface area (Å²) in [4.78, 5) is 12.6. The lowest BCUT2D eigenvalue weighted by Gasteiger charge is -2.30. The van der Waals surface area contributed by atoms with Crippen molar-refractivity contribution in [1.29, 1.82) is 5.26 Å². The van der Waals surface area contributed by atoms with Gasteiger partial charge >= 0.3 is 6.18 Å². The first-order chi connectivity index (χ1) is 15.6. The van der Waals surface area contributed by atoms with Crippen LogP contribution in [0.2, 0.25) is 0 Å². The van der Waals surface area contributed by atoms with Crippen LogP contribution in [-0.2, 0) is 4.79 Å². The summed E-state index contributed by atoms with van der Waals surface area (Å²) in [5, 5.41) is 13.6. The number of nitriles is 1. The first kappa shape index (κ1) is 26.0. The summed E-state index contributed by atoms with van der Waals surface area (Å²) < 4.78 is 53.7. The Morgan fingerprint density at radius 3 is 2.27 bits per heavy atom. The van der Waals surface area contributed by atoms with Gasteiger partial charge in [-0.2, -0.15) is 18.4 Å². The number of hydrogen-bond acceptors (Lipinski definition) is 5. The largest absolute Gasteiger partial charge is 0.497 e. The Morgan fingerprint density at radius 1 is 1.09 bits per heavy atom. The molecule has 0 fully saturated rings. The smallest absolute Gasteiger partial charge is 0.408 e. The third kappa shape index (κ3) is 6.86. The molecule has 2 rings (SSSR count).